The molecule has 0 saturated heterocycles. The topological polar surface area (TPSA) is 46.5 Å². The van der Waals surface area contributed by atoms with Crippen molar-refractivity contribution in [2.45, 2.75) is 25.2 Å². The summed E-state index contributed by atoms with van der Waals surface area (Å²) in [5, 5.41) is 8.91. The van der Waals surface area contributed by atoms with Crippen molar-refractivity contribution >= 4 is 17.7 Å². The summed E-state index contributed by atoms with van der Waals surface area (Å²) < 4.78 is 4.74. The Balaban J connectivity index is 2.15. The van der Waals surface area contributed by atoms with Crippen molar-refractivity contribution in [3.8, 4) is 0 Å². The van der Waals surface area contributed by atoms with E-state index < -0.39 is 10.7 Å². The van der Waals surface area contributed by atoms with Gasteiger partial charge in [-0.05, 0) is 19.4 Å². The summed E-state index contributed by atoms with van der Waals surface area (Å²) in [6.07, 6.45) is 0. The highest BCUT2D eigenvalue weighted by atomic mass is 32.2. The predicted molar refractivity (Wildman–Crippen MR) is 70.3 cm³/mol. The van der Waals surface area contributed by atoms with E-state index in [1.165, 1.54) is 11.8 Å². The number of benzene rings is 1. The van der Waals surface area contributed by atoms with Crippen LogP contribution in [0.3, 0.4) is 0 Å². The Labute approximate surface area is 106 Å². The second kappa shape index (κ2) is 6.67. The fourth-order valence-corrected chi connectivity index (χ4v) is 2.02. The van der Waals surface area contributed by atoms with Gasteiger partial charge in [0.25, 0.3) is 0 Å². The lowest BCUT2D eigenvalue weighted by atomic mass is 10.2. The van der Waals surface area contributed by atoms with Crippen LogP contribution in [0, 0.1) is 0 Å². The van der Waals surface area contributed by atoms with E-state index in [0.29, 0.717) is 19.0 Å². The Morgan fingerprint density at radius 3 is 2.59 bits per heavy atom. The Morgan fingerprint density at radius 1 is 1.35 bits per heavy atom. The number of hydrogen-bond acceptors (Lipinski definition) is 3. The molecule has 0 bridgehead atoms. The standard InChI is InChI=1S/C13H18O3S/c1-13(2,12(14)15)17-9-8-16-10-11-6-4-3-5-7-11/h3-7H,8-10H2,1-2H3,(H,14,15). The zero-order valence-corrected chi connectivity index (χ0v) is 11.0. The number of rotatable bonds is 7. The summed E-state index contributed by atoms with van der Waals surface area (Å²) >= 11 is 1.40. The van der Waals surface area contributed by atoms with Crippen molar-refractivity contribution in [1.82, 2.24) is 0 Å². The fourth-order valence-electron chi connectivity index (χ4n) is 1.18. The maximum absolute atomic E-state index is 10.8. The molecule has 0 fully saturated rings. The van der Waals surface area contributed by atoms with Crippen molar-refractivity contribution in [2.75, 3.05) is 12.4 Å². The SMILES string of the molecule is CC(C)(SCCOCc1ccccc1)C(=O)O. The minimum Gasteiger partial charge on any atom is -0.480 e. The van der Waals surface area contributed by atoms with Crippen molar-refractivity contribution in [3.05, 3.63) is 35.9 Å². The fraction of sp³-hybridized carbons (Fsp3) is 0.462. The quantitative estimate of drug-likeness (QED) is 0.760. The van der Waals surface area contributed by atoms with E-state index in [9.17, 15) is 4.79 Å². The van der Waals surface area contributed by atoms with Gasteiger partial charge in [-0.2, -0.15) is 0 Å². The first-order valence-corrected chi connectivity index (χ1v) is 6.50. The highest BCUT2D eigenvalue weighted by Gasteiger charge is 2.26. The van der Waals surface area contributed by atoms with E-state index in [1.807, 2.05) is 30.3 Å². The average molecular weight is 254 g/mol. The van der Waals surface area contributed by atoms with Gasteiger partial charge in [0.1, 0.15) is 4.75 Å². The van der Waals surface area contributed by atoms with Gasteiger partial charge in [0.2, 0.25) is 0 Å². The van der Waals surface area contributed by atoms with Crippen LogP contribution in [0.1, 0.15) is 19.4 Å². The molecule has 0 radical (unpaired) electrons. The van der Waals surface area contributed by atoms with Gasteiger partial charge in [0.05, 0.1) is 13.2 Å². The normalized spacial score (nSPS) is 11.4. The third-order valence-corrected chi connectivity index (χ3v) is 3.58. The van der Waals surface area contributed by atoms with Gasteiger partial charge in [-0.1, -0.05) is 30.3 Å². The highest BCUT2D eigenvalue weighted by Crippen LogP contribution is 2.24. The Bertz CT molecular complexity index is 349. The maximum atomic E-state index is 10.8. The Hall–Kier alpha value is -1.00. The number of aliphatic carboxylic acids is 1. The molecule has 0 aliphatic rings. The first-order chi connectivity index (χ1) is 8.02. The van der Waals surface area contributed by atoms with Crippen molar-refractivity contribution in [3.63, 3.8) is 0 Å². The first-order valence-electron chi connectivity index (χ1n) is 5.51. The van der Waals surface area contributed by atoms with Crippen LogP contribution >= 0.6 is 11.8 Å². The van der Waals surface area contributed by atoms with Gasteiger partial charge < -0.3 is 9.84 Å². The summed E-state index contributed by atoms with van der Waals surface area (Å²) in [5.74, 6) is -0.0999. The number of carboxylic acids is 1. The number of ether oxygens (including phenoxy) is 1. The van der Waals surface area contributed by atoms with Gasteiger partial charge >= 0.3 is 5.97 Å². The van der Waals surface area contributed by atoms with Crippen LogP contribution in [0.25, 0.3) is 0 Å². The molecule has 0 heterocycles. The molecular weight excluding hydrogens is 236 g/mol. The predicted octanol–water partition coefficient (Wildman–Crippen LogP) is 2.80. The summed E-state index contributed by atoms with van der Waals surface area (Å²) in [6.45, 7) is 4.56. The second-order valence-corrected chi connectivity index (χ2v) is 5.92. The van der Waals surface area contributed by atoms with Crippen LogP contribution in [-0.2, 0) is 16.1 Å². The number of thioether (sulfide) groups is 1. The van der Waals surface area contributed by atoms with Crippen LogP contribution in [-0.4, -0.2) is 28.2 Å². The molecular formula is C13H18O3S. The molecule has 0 spiro atoms. The lowest BCUT2D eigenvalue weighted by molar-refractivity contribution is -0.138. The van der Waals surface area contributed by atoms with Gasteiger partial charge in [-0.25, -0.2) is 0 Å². The van der Waals surface area contributed by atoms with E-state index in [0.717, 1.165) is 5.56 Å². The van der Waals surface area contributed by atoms with E-state index in [1.54, 1.807) is 13.8 Å². The third-order valence-electron chi connectivity index (χ3n) is 2.32. The van der Waals surface area contributed by atoms with Crippen LogP contribution in [0.5, 0.6) is 0 Å². The zero-order valence-electron chi connectivity index (χ0n) is 10.2. The second-order valence-electron chi connectivity index (χ2n) is 4.20. The molecule has 0 aromatic heterocycles. The van der Waals surface area contributed by atoms with Gasteiger partial charge in [0.15, 0.2) is 0 Å². The van der Waals surface area contributed by atoms with Crippen LogP contribution < -0.4 is 0 Å². The van der Waals surface area contributed by atoms with Gasteiger partial charge in [-0.15, -0.1) is 11.8 Å². The molecule has 1 N–H and O–H groups in total. The zero-order chi connectivity index (χ0) is 12.7. The van der Waals surface area contributed by atoms with Crippen LogP contribution in [0.15, 0.2) is 30.3 Å². The minimum absolute atomic E-state index is 0.566. The molecule has 3 nitrogen and oxygen atoms in total. The van der Waals surface area contributed by atoms with E-state index >= 15 is 0 Å². The molecule has 1 aromatic rings. The van der Waals surface area contributed by atoms with E-state index in [2.05, 4.69) is 0 Å². The average Bonchev–Trinajstić information content (AvgIpc) is 2.29. The van der Waals surface area contributed by atoms with Crippen molar-refractivity contribution in [2.24, 2.45) is 0 Å². The molecule has 0 unspecified atom stereocenters. The van der Waals surface area contributed by atoms with Gasteiger partial charge in [0, 0.05) is 5.75 Å². The lowest BCUT2D eigenvalue weighted by Crippen LogP contribution is -2.28. The largest absolute Gasteiger partial charge is 0.480 e. The number of hydrogen-bond donors (Lipinski definition) is 1. The Morgan fingerprint density at radius 2 is 2.00 bits per heavy atom. The Kier molecular flexibility index (Phi) is 5.51. The molecule has 1 aromatic carbocycles. The molecule has 0 atom stereocenters. The number of carboxylic acid groups (broad SMARTS) is 1. The molecule has 0 amide bonds. The van der Waals surface area contributed by atoms with Gasteiger partial charge in [-0.3, -0.25) is 4.79 Å². The van der Waals surface area contributed by atoms with E-state index in [4.69, 9.17) is 9.84 Å². The monoisotopic (exact) mass is 254 g/mol. The van der Waals surface area contributed by atoms with Crippen LogP contribution in [0.4, 0.5) is 0 Å². The highest BCUT2D eigenvalue weighted by molar-refractivity contribution is 8.01. The minimum atomic E-state index is -0.787. The third kappa shape index (κ3) is 5.24. The molecule has 17 heavy (non-hydrogen) atoms. The number of carbonyl (C=O) groups is 1. The first kappa shape index (κ1) is 14.1. The maximum Gasteiger partial charge on any atom is 0.319 e. The summed E-state index contributed by atoms with van der Waals surface area (Å²) in [4.78, 5) is 10.8. The molecule has 0 aliphatic carbocycles. The molecule has 4 heteroatoms. The summed E-state index contributed by atoms with van der Waals surface area (Å²) in [7, 11) is 0. The lowest BCUT2D eigenvalue weighted by Gasteiger charge is -2.18. The molecule has 1 rings (SSSR count). The molecule has 0 aliphatic heterocycles. The molecule has 0 saturated carbocycles. The summed E-state index contributed by atoms with van der Waals surface area (Å²) in [5.41, 5.74) is 1.13. The molecule has 94 valence electrons. The van der Waals surface area contributed by atoms with Crippen LogP contribution in [0.2, 0.25) is 0 Å². The van der Waals surface area contributed by atoms with E-state index in [-0.39, 0.29) is 0 Å². The van der Waals surface area contributed by atoms with Crippen molar-refractivity contribution < 1.29 is 14.6 Å². The van der Waals surface area contributed by atoms with Crippen molar-refractivity contribution in [1.29, 1.82) is 0 Å². The smallest absolute Gasteiger partial charge is 0.319 e. The summed E-state index contributed by atoms with van der Waals surface area (Å²) in [6, 6.07) is 9.93.